The minimum absolute atomic E-state index is 0.0714. The van der Waals surface area contributed by atoms with Gasteiger partial charge in [-0.25, -0.2) is 4.79 Å². The first-order valence-corrected chi connectivity index (χ1v) is 2.83. The summed E-state index contributed by atoms with van der Waals surface area (Å²) >= 11 is 0. The molecule has 12 heavy (non-hydrogen) atoms. The largest absolute Gasteiger partial charge is 0.463 e. The zero-order valence-corrected chi connectivity index (χ0v) is 6.05. The Labute approximate surface area is 66.2 Å². The van der Waals surface area contributed by atoms with E-state index in [1.807, 2.05) is 0 Å². The van der Waals surface area contributed by atoms with Gasteiger partial charge < -0.3 is 4.74 Å². The summed E-state index contributed by atoms with van der Waals surface area (Å²) in [5.41, 5.74) is 7.98. The molecular formula is C4H4N6O2. The molecule has 0 aliphatic carbocycles. The molecule has 8 heteroatoms. The van der Waals surface area contributed by atoms with Crippen molar-refractivity contribution in [1.82, 2.24) is 15.2 Å². The minimum Gasteiger partial charge on any atom is -0.463 e. The van der Waals surface area contributed by atoms with Crippen molar-refractivity contribution in [3.8, 4) is 0 Å². The van der Waals surface area contributed by atoms with Gasteiger partial charge in [0.15, 0.2) is 0 Å². The van der Waals surface area contributed by atoms with Crippen molar-refractivity contribution in [2.75, 3.05) is 7.11 Å². The van der Waals surface area contributed by atoms with Gasteiger partial charge in [0.2, 0.25) is 5.95 Å². The van der Waals surface area contributed by atoms with Crippen molar-refractivity contribution < 1.29 is 9.53 Å². The molecule has 0 fully saturated rings. The Morgan fingerprint density at radius 3 is 3.17 bits per heavy atom. The van der Waals surface area contributed by atoms with E-state index in [1.165, 1.54) is 7.11 Å². The number of H-pyrrole nitrogens is 1. The van der Waals surface area contributed by atoms with Crippen molar-refractivity contribution in [1.29, 1.82) is 0 Å². The summed E-state index contributed by atoms with van der Waals surface area (Å²) in [5, 5.41) is 8.76. The Morgan fingerprint density at radius 1 is 1.83 bits per heavy atom. The number of esters is 1. The van der Waals surface area contributed by atoms with E-state index in [2.05, 4.69) is 29.9 Å². The molecule has 0 unspecified atom stereocenters. The molecule has 0 aliphatic heterocycles. The van der Waals surface area contributed by atoms with Crippen LogP contribution < -0.4 is 0 Å². The number of nitrogens with zero attached hydrogens (tertiary/aromatic N) is 5. The van der Waals surface area contributed by atoms with E-state index < -0.39 is 5.97 Å². The predicted octanol–water partition coefficient (Wildman–Crippen LogP) is 0.533. The summed E-state index contributed by atoms with van der Waals surface area (Å²) in [6, 6.07) is 0. The number of aromatic nitrogens is 3. The van der Waals surface area contributed by atoms with Crippen LogP contribution in [0.2, 0.25) is 0 Å². The van der Waals surface area contributed by atoms with Crippen molar-refractivity contribution in [2.45, 2.75) is 0 Å². The third-order valence-electron chi connectivity index (χ3n) is 0.981. The van der Waals surface area contributed by atoms with E-state index >= 15 is 0 Å². The third kappa shape index (κ3) is 1.50. The molecule has 1 N–H and O–H groups in total. The molecule has 1 aromatic rings. The average molecular weight is 168 g/mol. The number of carbonyl (C=O) groups is 1. The monoisotopic (exact) mass is 168 g/mol. The number of carbonyl (C=O) groups excluding carboxylic acids is 1. The fourth-order valence-electron chi connectivity index (χ4n) is 0.523. The SMILES string of the molecule is COC(=O)c1n[nH]c(N=[N+]=[N-])n1. The van der Waals surface area contributed by atoms with E-state index in [-0.39, 0.29) is 11.8 Å². The fourth-order valence-corrected chi connectivity index (χ4v) is 0.523. The van der Waals surface area contributed by atoms with Crippen LogP contribution in [0.15, 0.2) is 5.11 Å². The highest BCUT2D eigenvalue weighted by Gasteiger charge is 2.10. The van der Waals surface area contributed by atoms with Gasteiger partial charge in [0, 0.05) is 4.91 Å². The van der Waals surface area contributed by atoms with E-state index in [0.717, 1.165) is 0 Å². The lowest BCUT2D eigenvalue weighted by molar-refractivity contribution is 0.0587. The first-order valence-electron chi connectivity index (χ1n) is 2.83. The van der Waals surface area contributed by atoms with Gasteiger partial charge >= 0.3 is 5.97 Å². The van der Waals surface area contributed by atoms with Crippen LogP contribution in [0.3, 0.4) is 0 Å². The van der Waals surface area contributed by atoms with Gasteiger partial charge in [0.25, 0.3) is 5.82 Å². The molecule has 0 aliphatic rings. The molecule has 1 rings (SSSR count). The van der Waals surface area contributed by atoms with Crippen molar-refractivity contribution in [3.63, 3.8) is 0 Å². The Bertz CT molecular complexity index is 337. The van der Waals surface area contributed by atoms with E-state index in [9.17, 15) is 4.79 Å². The minimum atomic E-state index is -0.689. The molecule has 0 aromatic carbocycles. The zero-order valence-electron chi connectivity index (χ0n) is 6.05. The summed E-state index contributed by atoms with van der Waals surface area (Å²) in [6.45, 7) is 0. The van der Waals surface area contributed by atoms with Gasteiger partial charge in [0.1, 0.15) is 0 Å². The molecule has 0 spiro atoms. The van der Waals surface area contributed by atoms with Crippen LogP contribution >= 0.6 is 0 Å². The first-order chi connectivity index (χ1) is 5.77. The van der Waals surface area contributed by atoms with Gasteiger partial charge in [0.05, 0.1) is 7.11 Å². The molecule has 1 aromatic heterocycles. The lowest BCUT2D eigenvalue weighted by Crippen LogP contribution is -2.03. The van der Waals surface area contributed by atoms with Crippen molar-refractivity contribution in [3.05, 3.63) is 16.3 Å². The second kappa shape index (κ2) is 3.35. The standard InChI is InChI=1S/C4H4N6O2/c1-12-3(11)2-6-4(8-7-2)9-10-5/h1H3,(H,6,7,8). The summed E-state index contributed by atoms with van der Waals surface area (Å²) in [5.74, 6) is -0.927. The first kappa shape index (κ1) is 8.02. The molecule has 0 saturated carbocycles. The molecule has 0 radical (unpaired) electrons. The van der Waals surface area contributed by atoms with E-state index in [1.54, 1.807) is 0 Å². The summed E-state index contributed by atoms with van der Waals surface area (Å²) in [6.07, 6.45) is 0. The number of methoxy groups -OCH3 is 1. The number of hydrogen-bond donors (Lipinski definition) is 1. The number of azide groups is 1. The maximum absolute atomic E-state index is 10.7. The molecule has 0 atom stereocenters. The quantitative estimate of drug-likeness (QED) is 0.300. The van der Waals surface area contributed by atoms with Crippen molar-refractivity contribution in [2.24, 2.45) is 5.11 Å². The zero-order chi connectivity index (χ0) is 8.97. The van der Waals surface area contributed by atoms with Crippen LogP contribution in [-0.2, 0) is 4.74 Å². The molecule has 8 nitrogen and oxygen atoms in total. The maximum atomic E-state index is 10.7. The number of rotatable bonds is 2. The van der Waals surface area contributed by atoms with Crippen molar-refractivity contribution >= 4 is 11.9 Å². The van der Waals surface area contributed by atoms with Crippen LogP contribution in [0.4, 0.5) is 5.95 Å². The van der Waals surface area contributed by atoms with Gasteiger partial charge in [-0.05, 0) is 10.6 Å². The van der Waals surface area contributed by atoms with Gasteiger partial charge in [-0.3, -0.25) is 5.10 Å². The predicted molar refractivity (Wildman–Crippen MR) is 36.5 cm³/mol. The number of aromatic amines is 1. The van der Waals surface area contributed by atoms with E-state index in [4.69, 9.17) is 5.53 Å². The third-order valence-corrected chi connectivity index (χ3v) is 0.981. The molecule has 0 bridgehead atoms. The molecule has 0 saturated heterocycles. The second-order valence-corrected chi connectivity index (χ2v) is 1.66. The lowest BCUT2D eigenvalue weighted by Gasteiger charge is -1.88. The van der Waals surface area contributed by atoms with Crippen LogP contribution in [0.1, 0.15) is 10.6 Å². The highest BCUT2D eigenvalue weighted by atomic mass is 16.5. The smallest absolute Gasteiger partial charge is 0.377 e. The summed E-state index contributed by atoms with van der Waals surface area (Å²) in [4.78, 5) is 16.7. The Balaban J connectivity index is 2.91. The fraction of sp³-hybridized carbons (Fsp3) is 0.250. The topological polar surface area (TPSA) is 117 Å². The molecule has 0 amide bonds. The molecular weight excluding hydrogens is 164 g/mol. The summed E-state index contributed by atoms with van der Waals surface area (Å²) < 4.78 is 4.31. The molecule has 62 valence electrons. The van der Waals surface area contributed by atoms with Crippen LogP contribution in [0.25, 0.3) is 10.4 Å². The van der Waals surface area contributed by atoms with Crippen LogP contribution in [-0.4, -0.2) is 28.3 Å². The molecule has 1 heterocycles. The normalized spacial score (nSPS) is 8.75. The highest BCUT2D eigenvalue weighted by Crippen LogP contribution is 2.02. The number of hydrogen-bond acceptors (Lipinski definition) is 5. The Kier molecular flexibility index (Phi) is 2.24. The second-order valence-electron chi connectivity index (χ2n) is 1.66. The Hall–Kier alpha value is -2.08. The Morgan fingerprint density at radius 2 is 2.58 bits per heavy atom. The van der Waals surface area contributed by atoms with Gasteiger partial charge in [-0.15, -0.1) is 5.10 Å². The van der Waals surface area contributed by atoms with E-state index in [0.29, 0.717) is 0 Å². The lowest BCUT2D eigenvalue weighted by atomic mass is 10.6. The van der Waals surface area contributed by atoms with Gasteiger partial charge in [-0.1, -0.05) is 0 Å². The van der Waals surface area contributed by atoms with Gasteiger partial charge in [-0.2, -0.15) is 4.98 Å². The number of ether oxygens (including phenoxy) is 1. The summed E-state index contributed by atoms with van der Waals surface area (Å²) in [7, 11) is 1.20. The van der Waals surface area contributed by atoms with Crippen LogP contribution in [0, 0.1) is 0 Å². The number of nitrogens with one attached hydrogen (secondary N) is 1. The highest BCUT2D eigenvalue weighted by molar-refractivity contribution is 5.85. The average Bonchev–Trinajstić information content (AvgIpc) is 2.52. The van der Waals surface area contributed by atoms with Crippen LogP contribution in [0.5, 0.6) is 0 Å². The maximum Gasteiger partial charge on any atom is 0.377 e.